The minimum absolute atomic E-state index is 0.0973. The van der Waals surface area contributed by atoms with Crippen LogP contribution in [0, 0.1) is 11.6 Å². The molecule has 1 aromatic carbocycles. The molecule has 1 aromatic heterocycles. The van der Waals surface area contributed by atoms with Crippen LogP contribution in [-0.2, 0) is 0 Å². The van der Waals surface area contributed by atoms with Gasteiger partial charge in [-0.05, 0) is 18.2 Å². The molecule has 0 aliphatic rings. The molecule has 98 valence electrons. The third kappa shape index (κ3) is 2.76. The zero-order valence-electron chi connectivity index (χ0n) is 9.65. The highest BCUT2D eigenvalue weighted by Gasteiger charge is 2.09. The van der Waals surface area contributed by atoms with Crippen LogP contribution >= 0.6 is 0 Å². The number of rotatable bonds is 3. The van der Waals surface area contributed by atoms with Crippen LogP contribution in [0.1, 0.15) is 10.4 Å². The first kappa shape index (κ1) is 12.7. The number of benzene rings is 1. The Hall–Kier alpha value is -2.70. The minimum Gasteiger partial charge on any atom is -0.397 e. The van der Waals surface area contributed by atoms with E-state index in [0.717, 1.165) is 12.1 Å². The normalized spacial score (nSPS) is 10.2. The number of carbonyl (C=O) groups is 1. The molecule has 5 N–H and O–H groups in total. The fourth-order valence-electron chi connectivity index (χ4n) is 1.47. The number of hydrogen-bond acceptors (Lipinski definition) is 4. The van der Waals surface area contributed by atoms with Crippen molar-refractivity contribution in [1.29, 1.82) is 0 Å². The predicted octanol–water partition coefficient (Wildman–Crippen LogP) is 1.78. The van der Waals surface area contributed by atoms with Gasteiger partial charge in [0.25, 0.3) is 5.91 Å². The Morgan fingerprint density at radius 2 is 1.95 bits per heavy atom. The van der Waals surface area contributed by atoms with Crippen LogP contribution in [0.4, 0.5) is 26.0 Å². The number of amides is 1. The summed E-state index contributed by atoms with van der Waals surface area (Å²) in [6, 6.07) is 4.61. The molecule has 0 aliphatic carbocycles. The second-order valence-electron chi connectivity index (χ2n) is 3.77. The Bertz CT molecular complexity index is 646. The number of pyridine rings is 1. The number of nitrogens with two attached hydrogens (primary N) is 2. The second-order valence-corrected chi connectivity index (χ2v) is 3.77. The lowest BCUT2D eigenvalue weighted by Crippen LogP contribution is -2.14. The van der Waals surface area contributed by atoms with Crippen molar-refractivity contribution in [3.8, 4) is 0 Å². The summed E-state index contributed by atoms with van der Waals surface area (Å²) in [5.41, 5.74) is 11.2. The van der Waals surface area contributed by atoms with E-state index in [1.165, 1.54) is 18.3 Å². The smallest absolute Gasteiger partial charge is 0.250 e. The number of aromatic nitrogens is 1. The summed E-state index contributed by atoms with van der Waals surface area (Å²) < 4.78 is 25.8. The number of halogens is 2. The average molecular weight is 264 g/mol. The number of nitrogen functional groups attached to an aromatic ring is 1. The Balaban J connectivity index is 2.30. The molecule has 1 heterocycles. The monoisotopic (exact) mass is 264 g/mol. The first-order valence-corrected chi connectivity index (χ1v) is 5.25. The summed E-state index contributed by atoms with van der Waals surface area (Å²) in [5, 5.41) is 2.71. The van der Waals surface area contributed by atoms with Gasteiger partial charge in [-0.25, -0.2) is 13.8 Å². The van der Waals surface area contributed by atoms with Crippen LogP contribution in [-0.4, -0.2) is 10.9 Å². The Labute approximate surface area is 107 Å². The van der Waals surface area contributed by atoms with Crippen LogP contribution in [0.3, 0.4) is 0 Å². The van der Waals surface area contributed by atoms with Crippen molar-refractivity contribution in [2.24, 2.45) is 5.73 Å². The van der Waals surface area contributed by atoms with Crippen LogP contribution in [0.25, 0.3) is 0 Å². The van der Waals surface area contributed by atoms with E-state index in [9.17, 15) is 13.6 Å². The zero-order chi connectivity index (χ0) is 14.0. The number of nitrogens with one attached hydrogen (secondary N) is 1. The summed E-state index contributed by atoms with van der Waals surface area (Å²) in [7, 11) is 0. The molecule has 2 aromatic rings. The van der Waals surface area contributed by atoms with Gasteiger partial charge in [0.05, 0.1) is 17.4 Å². The van der Waals surface area contributed by atoms with E-state index < -0.39 is 17.5 Å². The molecule has 0 radical (unpaired) electrons. The molecule has 2 rings (SSSR count). The van der Waals surface area contributed by atoms with E-state index in [1.54, 1.807) is 0 Å². The maximum atomic E-state index is 13.0. The highest BCUT2D eigenvalue weighted by Crippen LogP contribution is 2.20. The molecule has 19 heavy (non-hydrogen) atoms. The van der Waals surface area contributed by atoms with E-state index in [1.807, 2.05) is 0 Å². The molecule has 0 bridgehead atoms. The molecule has 0 saturated heterocycles. The van der Waals surface area contributed by atoms with Crippen LogP contribution in [0.5, 0.6) is 0 Å². The number of primary amides is 1. The van der Waals surface area contributed by atoms with Crippen molar-refractivity contribution in [3.05, 3.63) is 47.7 Å². The summed E-state index contributed by atoms with van der Waals surface area (Å²) in [6.45, 7) is 0. The largest absolute Gasteiger partial charge is 0.397 e. The average Bonchev–Trinajstić information content (AvgIpc) is 2.36. The molecular formula is C12H10F2N4O. The van der Waals surface area contributed by atoms with Crippen molar-refractivity contribution in [3.63, 3.8) is 0 Å². The van der Waals surface area contributed by atoms with E-state index in [0.29, 0.717) is 0 Å². The van der Waals surface area contributed by atoms with Gasteiger partial charge in [-0.3, -0.25) is 4.79 Å². The lowest BCUT2D eigenvalue weighted by atomic mass is 10.2. The summed E-state index contributed by atoms with van der Waals surface area (Å²) in [6.07, 6.45) is 1.25. The molecule has 0 fully saturated rings. The van der Waals surface area contributed by atoms with Gasteiger partial charge in [0.1, 0.15) is 5.82 Å². The third-order valence-corrected chi connectivity index (χ3v) is 2.39. The molecule has 0 aliphatic heterocycles. The maximum absolute atomic E-state index is 13.0. The van der Waals surface area contributed by atoms with Gasteiger partial charge >= 0.3 is 0 Å². The number of nitrogens with zero attached hydrogens (tertiary/aromatic N) is 1. The fraction of sp³-hybridized carbons (Fsp3) is 0. The number of hydrogen-bond donors (Lipinski definition) is 3. The van der Waals surface area contributed by atoms with Gasteiger partial charge < -0.3 is 16.8 Å². The van der Waals surface area contributed by atoms with E-state index in [-0.39, 0.29) is 22.8 Å². The lowest BCUT2D eigenvalue weighted by molar-refractivity contribution is 0.100. The predicted molar refractivity (Wildman–Crippen MR) is 66.8 cm³/mol. The first-order chi connectivity index (χ1) is 8.97. The van der Waals surface area contributed by atoms with Crippen LogP contribution in [0.15, 0.2) is 30.5 Å². The Kier molecular flexibility index (Phi) is 3.28. The molecule has 5 nitrogen and oxygen atoms in total. The fourth-order valence-corrected chi connectivity index (χ4v) is 1.47. The van der Waals surface area contributed by atoms with Gasteiger partial charge in [0.15, 0.2) is 11.6 Å². The number of carbonyl (C=O) groups excluding carboxylic acids is 1. The molecule has 0 spiro atoms. The molecule has 7 heteroatoms. The van der Waals surface area contributed by atoms with Gasteiger partial charge in [0, 0.05) is 11.8 Å². The molecular weight excluding hydrogens is 254 g/mol. The SMILES string of the molecule is NC(=O)c1cc(Nc2ccc(F)c(F)c2)ncc1N. The summed E-state index contributed by atoms with van der Waals surface area (Å²) >= 11 is 0. The minimum atomic E-state index is -0.990. The van der Waals surface area contributed by atoms with Crippen LogP contribution < -0.4 is 16.8 Å². The Morgan fingerprint density at radius 3 is 2.58 bits per heavy atom. The first-order valence-electron chi connectivity index (χ1n) is 5.25. The van der Waals surface area contributed by atoms with Gasteiger partial charge in [-0.15, -0.1) is 0 Å². The highest BCUT2D eigenvalue weighted by atomic mass is 19.2. The number of anilines is 3. The van der Waals surface area contributed by atoms with E-state index in [2.05, 4.69) is 10.3 Å². The van der Waals surface area contributed by atoms with Crippen LogP contribution in [0.2, 0.25) is 0 Å². The van der Waals surface area contributed by atoms with Crippen molar-refractivity contribution in [2.75, 3.05) is 11.1 Å². The van der Waals surface area contributed by atoms with Crippen molar-refractivity contribution < 1.29 is 13.6 Å². The Morgan fingerprint density at radius 1 is 1.21 bits per heavy atom. The quantitative estimate of drug-likeness (QED) is 0.787. The second kappa shape index (κ2) is 4.89. The van der Waals surface area contributed by atoms with E-state index >= 15 is 0 Å². The third-order valence-electron chi connectivity index (χ3n) is 2.39. The maximum Gasteiger partial charge on any atom is 0.250 e. The van der Waals surface area contributed by atoms with Crippen molar-refractivity contribution >= 4 is 23.1 Å². The summed E-state index contributed by atoms with van der Waals surface area (Å²) in [4.78, 5) is 15.0. The topological polar surface area (TPSA) is 94.0 Å². The molecule has 0 atom stereocenters. The van der Waals surface area contributed by atoms with Gasteiger partial charge in [-0.2, -0.15) is 0 Å². The van der Waals surface area contributed by atoms with Gasteiger partial charge in [-0.1, -0.05) is 0 Å². The lowest BCUT2D eigenvalue weighted by Gasteiger charge is -2.08. The molecule has 0 saturated carbocycles. The van der Waals surface area contributed by atoms with E-state index in [4.69, 9.17) is 11.5 Å². The highest BCUT2D eigenvalue weighted by molar-refractivity contribution is 5.98. The van der Waals surface area contributed by atoms with Gasteiger partial charge in [0.2, 0.25) is 0 Å². The standard InChI is InChI=1S/C12H10F2N4O/c13-8-2-1-6(3-9(8)14)18-11-4-7(12(16)19)10(15)5-17-11/h1-5H,15H2,(H2,16,19)(H,17,18). The van der Waals surface area contributed by atoms with Crippen molar-refractivity contribution in [1.82, 2.24) is 4.98 Å². The molecule has 0 unspecified atom stereocenters. The molecule has 1 amide bonds. The zero-order valence-corrected chi connectivity index (χ0v) is 9.65. The summed E-state index contributed by atoms with van der Waals surface area (Å²) in [5.74, 6) is -2.40. The van der Waals surface area contributed by atoms with Crippen molar-refractivity contribution in [2.45, 2.75) is 0 Å².